The summed E-state index contributed by atoms with van der Waals surface area (Å²) in [5.74, 6) is 2.02. The predicted octanol–water partition coefficient (Wildman–Crippen LogP) is 3.68. The van der Waals surface area contributed by atoms with Crippen molar-refractivity contribution in [2.75, 3.05) is 13.1 Å². The highest BCUT2D eigenvalue weighted by Crippen LogP contribution is 2.38. The fourth-order valence-electron chi connectivity index (χ4n) is 3.31. The first kappa shape index (κ1) is 10.8. The highest BCUT2D eigenvalue weighted by atomic mass is 79.9. The minimum absolute atomic E-state index is 1.01. The van der Waals surface area contributed by atoms with E-state index < -0.39 is 0 Å². The topological polar surface area (TPSA) is 3.24 Å². The van der Waals surface area contributed by atoms with Gasteiger partial charge >= 0.3 is 0 Å². The molecule has 2 atom stereocenters. The van der Waals surface area contributed by atoms with Crippen LogP contribution in [-0.2, 0) is 6.54 Å². The third-order valence-electron chi connectivity index (χ3n) is 4.12. The smallest absolute Gasteiger partial charge is 0.0233 e. The molecule has 2 aliphatic rings. The number of halogens is 1. The van der Waals surface area contributed by atoms with E-state index in [2.05, 4.69) is 45.1 Å². The number of fused-ring (bicyclic) bond motifs is 1. The number of rotatable bonds is 2. The van der Waals surface area contributed by atoms with Crippen LogP contribution in [0.5, 0.6) is 0 Å². The number of hydrogen-bond acceptors (Lipinski definition) is 1. The maximum absolute atomic E-state index is 3.48. The van der Waals surface area contributed by atoms with E-state index in [9.17, 15) is 0 Å². The van der Waals surface area contributed by atoms with Gasteiger partial charge in [0.2, 0.25) is 0 Å². The summed E-state index contributed by atoms with van der Waals surface area (Å²) >= 11 is 3.48. The number of hydrogen-bond donors (Lipinski definition) is 0. The molecule has 1 aromatic rings. The Labute approximate surface area is 106 Å². The molecule has 3 rings (SSSR count). The molecular weight excluding hydrogens is 262 g/mol. The van der Waals surface area contributed by atoms with Crippen molar-refractivity contribution < 1.29 is 0 Å². The standard InChI is InChI=1S/C14H18BrN/c15-14-6-4-11(5-7-14)8-16-9-12-2-1-3-13(12)10-16/h4-7,12-13H,1-3,8-10H2. The first-order valence-corrected chi connectivity index (χ1v) is 7.07. The summed E-state index contributed by atoms with van der Waals surface area (Å²) in [6.45, 7) is 3.81. The van der Waals surface area contributed by atoms with E-state index in [0.717, 1.165) is 18.4 Å². The Kier molecular flexibility index (Phi) is 3.03. The van der Waals surface area contributed by atoms with E-state index >= 15 is 0 Å². The zero-order chi connectivity index (χ0) is 11.0. The SMILES string of the molecule is Brc1ccc(CN2CC3CCCC3C2)cc1. The predicted molar refractivity (Wildman–Crippen MR) is 70.3 cm³/mol. The second kappa shape index (κ2) is 4.50. The second-order valence-electron chi connectivity index (χ2n) is 5.27. The van der Waals surface area contributed by atoms with Crippen LogP contribution >= 0.6 is 15.9 Å². The lowest BCUT2D eigenvalue weighted by Crippen LogP contribution is -2.20. The largest absolute Gasteiger partial charge is 0.299 e. The first-order valence-electron chi connectivity index (χ1n) is 6.28. The lowest BCUT2D eigenvalue weighted by molar-refractivity contribution is 0.303. The quantitative estimate of drug-likeness (QED) is 0.798. The normalized spacial score (nSPS) is 29.6. The van der Waals surface area contributed by atoms with Crippen LogP contribution in [0.25, 0.3) is 0 Å². The van der Waals surface area contributed by atoms with Gasteiger partial charge in [-0.1, -0.05) is 34.5 Å². The monoisotopic (exact) mass is 279 g/mol. The molecule has 1 nitrogen and oxygen atoms in total. The molecule has 1 saturated carbocycles. The van der Waals surface area contributed by atoms with Crippen LogP contribution in [0.3, 0.4) is 0 Å². The number of likely N-dealkylation sites (tertiary alicyclic amines) is 1. The maximum atomic E-state index is 3.48. The molecule has 0 radical (unpaired) electrons. The molecule has 0 N–H and O–H groups in total. The Hall–Kier alpha value is -0.340. The summed E-state index contributed by atoms with van der Waals surface area (Å²) in [5.41, 5.74) is 1.45. The molecule has 1 aromatic carbocycles. The second-order valence-corrected chi connectivity index (χ2v) is 6.19. The average Bonchev–Trinajstić information content (AvgIpc) is 2.81. The van der Waals surface area contributed by atoms with E-state index in [1.807, 2.05) is 0 Å². The third kappa shape index (κ3) is 2.18. The van der Waals surface area contributed by atoms with Crippen molar-refractivity contribution in [2.45, 2.75) is 25.8 Å². The summed E-state index contributed by atoms with van der Waals surface area (Å²) < 4.78 is 1.18. The van der Waals surface area contributed by atoms with Gasteiger partial charge in [0.15, 0.2) is 0 Å². The minimum Gasteiger partial charge on any atom is -0.299 e. The van der Waals surface area contributed by atoms with Crippen molar-refractivity contribution in [1.29, 1.82) is 0 Å². The van der Waals surface area contributed by atoms with Gasteiger partial charge in [0.05, 0.1) is 0 Å². The molecule has 2 unspecified atom stereocenters. The van der Waals surface area contributed by atoms with E-state index in [4.69, 9.17) is 0 Å². The Morgan fingerprint density at radius 1 is 1.06 bits per heavy atom. The van der Waals surface area contributed by atoms with E-state index in [1.165, 1.54) is 42.4 Å². The summed E-state index contributed by atoms with van der Waals surface area (Å²) in [4.78, 5) is 2.64. The van der Waals surface area contributed by atoms with Crippen LogP contribution in [0.2, 0.25) is 0 Å². The molecule has 0 spiro atoms. The van der Waals surface area contributed by atoms with E-state index in [0.29, 0.717) is 0 Å². The molecule has 16 heavy (non-hydrogen) atoms. The lowest BCUT2D eigenvalue weighted by atomic mass is 10.0. The molecule has 2 fully saturated rings. The van der Waals surface area contributed by atoms with Crippen LogP contribution in [0.4, 0.5) is 0 Å². The Morgan fingerprint density at radius 2 is 1.69 bits per heavy atom. The van der Waals surface area contributed by atoms with Gasteiger partial charge < -0.3 is 0 Å². The summed E-state index contributed by atoms with van der Waals surface area (Å²) in [6.07, 6.45) is 4.42. The van der Waals surface area contributed by atoms with Crippen molar-refractivity contribution in [1.82, 2.24) is 4.90 Å². The van der Waals surface area contributed by atoms with Crippen LogP contribution in [0.1, 0.15) is 24.8 Å². The molecule has 86 valence electrons. The molecule has 0 amide bonds. The molecule has 1 aliphatic heterocycles. The van der Waals surface area contributed by atoms with Gasteiger partial charge in [0, 0.05) is 24.1 Å². The van der Waals surface area contributed by atoms with Gasteiger partial charge in [-0.15, -0.1) is 0 Å². The fraction of sp³-hybridized carbons (Fsp3) is 0.571. The Morgan fingerprint density at radius 3 is 2.31 bits per heavy atom. The summed E-state index contributed by atoms with van der Waals surface area (Å²) in [6, 6.07) is 8.76. The van der Waals surface area contributed by atoms with Gasteiger partial charge in [-0.2, -0.15) is 0 Å². The van der Waals surface area contributed by atoms with Gasteiger partial charge in [-0.05, 0) is 42.4 Å². The van der Waals surface area contributed by atoms with Crippen molar-refractivity contribution in [3.05, 3.63) is 34.3 Å². The zero-order valence-corrected chi connectivity index (χ0v) is 11.1. The fourth-order valence-corrected chi connectivity index (χ4v) is 3.57. The molecule has 1 saturated heterocycles. The molecular formula is C14H18BrN. The van der Waals surface area contributed by atoms with E-state index in [1.54, 1.807) is 0 Å². The van der Waals surface area contributed by atoms with Crippen LogP contribution < -0.4 is 0 Å². The number of nitrogens with zero attached hydrogens (tertiary/aromatic N) is 1. The third-order valence-corrected chi connectivity index (χ3v) is 4.65. The van der Waals surface area contributed by atoms with Gasteiger partial charge in [-0.3, -0.25) is 4.90 Å². The zero-order valence-electron chi connectivity index (χ0n) is 9.53. The highest BCUT2D eigenvalue weighted by Gasteiger charge is 2.35. The summed E-state index contributed by atoms with van der Waals surface area (Å²) in [5, 5.41) is 0. The first-order chi connectivity index (χ1) is 7.81. The van der Waals surface area contributed by atoms with Gasteiger partial charge in [0.25, 0.3) is 0 Å². The molecule has 0 aromatic heterocycles. The highest BCUT2D eigenvalue weighted by molar-refractivity contribution is 9.10. The summed E-state index contributed by atoms with van der Waals surface area (Å²) in [7, 11) is 0. The van der Waals surface area contributed by atoms with Crippen LogP contribution in [0, 0.1) is 11.8 Å². The molecule has 1 heterocycles. The molecule has 1 aliphatic carbocycles. The van der Waals surface area contributed by atoms with E-state index in [-0.39, 0.29) is 0 Å². The van der Waals surface area contributed by atoms with Crippen molar-refractivity contribution in [2.24, 2.45) is 11.8 Å². The average molecular weight is 280 g/mol. The Balaban J connectivity index is 1.62. The van der Waals surface area contributed by atoms with Crippen molar-refractivity contribution in [3.63, 3.8) is 0 Å². The molecule has 0 bridgehead atoms. The van der Waals surface area contributed by atoms with Crippen LogP contribution in [0.15, 0.2) is 28.7 Å². The van der Waals surface area contributed by atoms with Crippen molar-refractivity contribution in [3.8, 4) is 0 Å². The van der Waals surface area contributed by atoms with Crippen molar-refractivity contribution >= 4 is 15.9 Å². The Bertz CT molecular complexity index is 348. The van der Waals surface area contributed by atoms with Gasteiger partial charge in [0.1, 0.15) is 0 Å². The minimum atomic E-state index is 1.01. The van der Waals surface area contributed by atoms with Gasteiger partial charge in [-0.25, -0.2) is 0 Å². The lowest BCUT2D eigenvalue weighted by Gasteiger charge is -2.16. The molecule has 2 heteroatoms. The van der Waals surface area contributed by atoms with Crippen LogP contribution in [-0.4, -0.2) is 18.0 Å². The maximum Gasteiger partial charge on any atom is 0.0233 e. The number of benzene rings is 1.